The third-order valence-electron chi connectivity index (χ3n) is 3.91. The van der Waals surface area contributed by atoms with Crippen molar-refractivity contribution in [1.29, 1.82) is 0 Å². The molecular formula is C16H17NO2. The van der Waals surface area contributed by atoms with E-state index in [9.17, 15) is 9.90 Å². The smallest absolute Gasteiger partial charge is 0.336 e. The van der Waals surface area contributed by atoms with Crippen LogP contribution in [0.25, 0.3) is 10.9 Å². The Morgan fingerprint density at radius 2 is 2.11 bits per heavy atom. The van der Waals surface area contributed by atoms with E-state index in [2.05, 4.69) is 13.8 Å². The standard InChI is InChI=1S/C16H17NO2/c1-9(2)10-5-3-7-12-14(16(18)19)11-6-4-8-13(11)17-15(10)12/h3,5,7,9H,4,6,8H2,1-2H3,(H,18,19). The maximum atomic E-state index is 11.6. The highest BCUT2D eigenvalue weighted by Crippen LogP contribution is 2.33. The van der Waals surface area contributed by atoms with Crippen molar-refractivity contribution in [1.82, 2.24) is 4.98 Å². The molecular weight excluding hydrogens is 238 g/mol. The molecule has 0 radical (unpaired) electrons. The van der Waals surface area contributed by atoms with Crippen molar-refractivity contribution in [2.75, 3.05) is 0 Å². The van der Waals surface area contributed by atoms with E-state index in [0.29, 0.717) is 11.5 Å². The molecule has 98 valence electrons. The zero-order chi connectivity index (χ0) is 13.6. The lowest BCUT2D eigenvalue weighted by Crippen LogP contribution is -2.07. The second kappa shape index (κ2) is 4.34. The number of carboxylic acid groups (broad SMARTS) is 1. The minimum atomic E-state index is -0.827. The minimum Gasteiger partial charge on any atom is -0.478 e. The van der Waals surface area contributed by atoms with Gasteiger partial charge in [0.25, 0.3) is 0 Å². The number of pyridine rings is 1. The molecule has 0 amide bonds. The first-order chi connectivity index (χ1) is 9.09. The molecule has 0 bridgehead atoms. The number of aromatic nitrogens is 1. The SMILES string of the molecule is CC(C)c1cccc2c(C(=O)O)c3c(nc12)CCC3. The largest absolute Gasteiger partial charge is 0.478 e. The predicted molar refractivity (Wildman–Crippen MR) is 74.8 cm³/mol. The van der Waals surface area contributed by atoms with Crippen LogP contribution in [0.5, 0.6) is 0 Å². The van der Waals surface area contributed by atoms with Gasteiger partial charge >= 0.3 is 5.97 Å². The molecule has 1 N–H and O–H groups in total. The zero-order valence-corrected chi connectivity index (χ0v) is 11.2. The summed E-state index contributed by atoms with van der Waals surface area (Å²) in [6, 6.07) is 5.87. The molecule has 3 rings (SSSR count). The molecule has 1 aliphatic carbocycles. The Kier molecular flexibility index (Phi) is 2.77. The van der Waals surface area contributed by atoms with Gasteiger partial charge in [-0.25, -0.2) is 4.79 Å². The Balaban J connectivity index is 2.44. The van der Waals surface area contributed by atoms with E-state index in [1.807, 2.05) is 18.2 Å². The molecule has 2 aromatic rings. The van der Waals surface area contributed by atoms with Gasteiger partial charge in [0.15, 0.2) is 0 Å². The van der Waals surface area contributed by atoms with Gasteiger partial charge in [-0.2, -0.15) is 0 Å². The Hall–Kier alpha value is -1.90. The van der Waals surface area contributed by atoms with Crippen LogP contribution < -0.4 is 0 Å². The fourth-order valence-corrected chi connectivity index (χ4v) is 3.02. The van der Waals surface area contributed by atoms with Crippen LogP contribution in [-0.2, 0) is 12.8 Å². The number of hydrogen-bond donors (Lipinski definition) is 1. The summed E-state index contributed by atoms with van der Waals surface area (Å²) in [4.78, 5) is 16.4. The number of benzene rings is 1. The molecule has 1 aromatic heterocycles. The number of para-hydroxylation sites is 1. The number of aromatic carboxylic acids is 1. The average Bonchev–Trinajstić information content (AvgIpc) is 2.81. The molecule has 0 spiro atoms. The van der Waals surface area contributed by atoms with Gasteiger partial charge in [0, 0.05) is 11.1 Å². The van der Waals surface area contributed by atoms with E-state index in [1.54, 1.807) is 0 Å². The highest BCUT2D eigenvalue weighted by Gasteiger charge is 2.24. The van der Waals surface area contributed by atoms with Crippen LogP contribution in [0, 0.1) is 0 Å². The lowest BCUT2D eigenvalue weighted by molar-refractivity contribution is 0.0698. The molecule has 0 saturated heterocycles. The molecule has 0 saturated carbocycles. The van der Waals surface area contributed by atoms with Crippen molar-refractivity contribution in [3.05, 3.63) is 40.6 Å². The van der Waals surface area contributed by atoms with E-state index in [4.69, 9.17) is 4.98 Å². The average molecular weight is 255 g/mol. The van der Waals surface area contributed by atoms with Crippen LogP contribution in [0.4, 0.5) is 0 Å². The topological polar surface area (TPSA) is 50.2 Å². The fraction of sp³-hybridized carbons (Fsp3) is 0.375. The zero-order valence-electron chi connectivity index (χ0n) is 11.2. The molecule has 0 aliphatic heterocycles. The summed E-state index contributed by atoms with van der Waals surface area (Å²) in [7, 11) is 0. The van der Waals surface area contributed by atoms with Crippen molar-refractivity contribution in [2.45, 2.75) is 39.0 Å². The Bertz CT molecular complexity index is 674. The number of nitrogens with zero attached hydrogens (tertiary/aromatic N) is 1. The molecule has 1 aliphatic rings. The van der Waals surface area contributed by atoms with Gasteiger partial charge in [-0.1, -0.05) is 32.0 Å². The summed E-state index contributed by atoms with van der Waals surface area (Å²) < 4.78 is 0. The van der Waals surface area contributed by atoms with Gasteiger partial charge in [-0.15, -0.1) is 0 Å². The number of carboxylic acids is 1. The van der Waals surface area contributed by atoms with Crippen molar-refractivity contribution in [3.63, 3.8) is 0 Å². The Labute approximate surface area is 112 Å². The van der Waals surface area contributed by atoms with Crippen molar-refractivity contribution < 1.29 is 9.90 Å². The molecule has 1 heterocycles. The summed E-state index contributed by atoms with van der Waals surface area (Å²) in [6.07, 6.45) is 2.75. The summed E-state index contributed by atoms with van der Waals surface area (Å²) >= 11 is 0. The Morgan fingerprint density at radius 1 is 1.32 bits per heavy atom. The molecule has 0 atom stereocenters. The minimum absolute atomic E-state index is 0.345. The Morgan fingerprint density at radius 3 is 2.79 bits per heavy atom. The number of fused-ring (bicyclic) bond motifs is 2. The van der Waals surface area contributed by atoms with Crippen LogP contribution in [0.2, 0.25) is 0 Å². The highest BCUT2D eigenvalue weighted by atomic mass is 16.4. The number of hydrogen-bond acceptors (Lipinski definition) is 2. The number of aryl methyl sites for hydroxylation is 1. The second-order valence-corrected chi connectivity index (χ2v) is 5.47. The van der Waals surface area contributed by atoms with Crippen molar-refractivity contribution >= 4 is 16.9 Å². The molecule has 0 fully saturated rings. The second-order valence-electron chi connectivity index (χ2n) is 5.47. The summed E-state index contributed by atoms with van der Waals surface area (Å²) in [5.41, 5.74) is 4.41. The monoisotopic (exact) mass is 255 g/mol. The quantitative estimate of drug-likeness (QED) is 0.892. The first-order valence-electron chi connectivity index (χ1n) is 6.77. The fourth-order valence-electron chi connectivity index (χ4n) is 3.02. The van der Waals surface area contributed by atoms with Gasteiger partial charge in [0.05, 0.1) is 11.1 Å². The normalized spacial score (nSPS) is 14.1. The van der Waals surface area contributed by atoms with E-state index in [1.165, 1.54) is 0 Å². The van der Waals surface area contributed by atoms with Crippen LogP contribution in [-0.4, -0.2) is 16.1 Å². The van der Waals surface area contributed by atoms with E-state index in [0.717, 1.165) is 47.0 Å². The maximum absolute atomic E-state index is 11.6. The van der Waals surface area contributed by atoms with Crippen LogP contribution in [0.15, 0.2) is 18.2 Å². The van der Waals surface area contributed by atoms with Crippen LogP contribution in [0.3, 0.4) is 0 Å². The lowest BCUT2D eigenvalue weighted by atomic mass is 9.95. The first-order valence-corrected chi connectivity index (χ1v) is 6.77. The summed E-state index contributed by atoms with van der Waals surface area (Å²) in [6.45, 7) is 4.23. The maximum Gasteiger partial charge on any atom is 0.336 e. The number of carbonyl (C=O) groups is 1. The molecule has 1 aromatic carbocycles. The highest BCUT2D eigenvalue weighted by molar-refractivity contribution is 6.05. The summed E-state index contributed by atoms with van der Waals surface area (Å²) in [5.74, 6) is -0.483. The third-order valence-corrected chi connectivity index (χ3v) is 3.91. The van der Waals surface area contributed by atoms with Crippen molar-refractivity contribution in [2.24, 2.45) is 0 Å². The van der Waals surface area contributed by atoms with E-state index < -0.39 is 5.97 Å². The van der Waals surface area contributed by atoms with Crippen molar-refractivity contribution in [3.8, 4) is 0 Å². The predicted octanol–water partition coefficient (Wildman–Crippen LogP) is 3.55. The van der Waals surface area contributed by atoms with E-state index in [-0.39, 0.29) is 0 Å². The van der Waals surface area contributed by atoms with Gasteiger partial charge in [0.2, 0.25) is 0 Å². The van der Waals surface area contributed by atoms with Gasteiger partial charge in [-0.05, 0) is 36.3 Å². The van der Waals surface area contributed by atoms with Crippen LogP contribution in [0.1, 0.15) is 53.4 Å². The van der Waals surface area contributed by atoms with E-state index >= 15 is 0 Å². The lowest BCUT2D eigenvalue weighted by Gasteiger charge is -2.13. The number of rotatable bonds is 2. The van der Waals surface area contributed by atoms with Crippen LogP contribution >= 0.6 is 0 Å². The van der Waals surface area contributed by atoms with Gasteiger partial charge in [0.1, 0.15) is 0 Å². The summed E-state index contributed by atoms with van der Waals surface area (Å²) in [5, 5.41) is 10.3. The molecule has 3 heteroatoms. The first kappa shape index (κ1) is 12.2. The van der Waals surface area contributed by atoms with Gasteiger partial charge < -0.3 is 5.11 Å². The van der Waals surface area contributed by atoms with Gasteiger partial charge in [-0.3, -0.25) is 4.98 Å². The molecule has 0 unspecified atom stereocenters. The third kappa shape index (κ3) is 1.81. The molecule has 19 heavy (non-hydrogen) atoms. The molecule has 3 nitrogen and oxygen atoms in total.